The molecule has 0 saturated carbocycles. The SMILES string of the molecule is C=CC[C@@H]1C=C[C@@H](CO)CN1S(=O)(=O)c1ccc([N+](=O)[O-])cc1. The molecule has 7 nitrogen and oxygen atoms in total. The van der Waals surface area contributed by atoms with Gasteiger partial charge in [-0.3, -0.25) is 10.1 Å². The molecule has 8 heteroatoms. The van der Waals surface area contributed by atoms with Crippen LogP contribution in [-0.4, -0.2) is 41.9 Å². The number of aliphatic hydroxyl groups excluding tert-OH is 1. The van der Waals surface area contributed by atoms with Crippen LogP contribution in [0.5, 0.6) is 0 Å². The summed E-state index contributed by atoms with van der Waals surface area (Å²) in [5.74, 6) is -0.274. The highest BCUT2D eigenvalue weighted by Crippen LogP contribution is 2.27. The number of nitrogens with zero attached hydrogens (tertiary/aromatic N) is 2. The number of nitro benzene ring substituents is 1. The first-order valence-electron chi connectivity index (χ1n) is 7.06. The minimum absolute atomic E-state index is 0.0100. The Hall–Kier alpha value is -2.03. The molecule has 0 saturated heterocycles. The molecule has 1 aliphatic rings. The van der Waals surface area contributed by atoms with Crippen LogP contribution in [0.4, 0.5) is 5.69 Å². The number of rotatable bonds is 6. The third-order valence-electron chi connectivity index (χ3n) is 3.69. The first-order valence-corrected chi connectivity index (χ1v) is 8.50. The Kier molecular flexibility index (Phi) is 5.30. The maximum absolute atomic E-state index is 12.8. The van der Waals surface area contributed by atoms with E-state index in [-0.39, 0.29) is 35.7 Å². The zero-order valence-corrected chi connectivity index (χ0v) is 13.2. The third-order valence-corrected chi connectivity index (χ3v) is 5.59. The van der Waals surface area contributed by atoms with Crippen molar-refractivity contribution < 1.29 is 18.4 Å². The summed E-state index contributed by atoms with van der Waals surface area (Å²) in [6.45, 7) is 3.64. The number of hydrogen-bond acceptors (Lipinski definition) is 5. The van der Waals surface area contributed by atoms with Crippen molar-refractivity contribution in [2.24, 2.45) is 5.92 Å². The molecule has 0 fully saturated rings. The molecule has 0 radical (unpaired) electrons. The number of nitro groups is 1. The molecule has 1 heterocycles. The van der Waals surface area contributed by atoms with Crippen LogP contribution in [-0.2, 0) is 10.0 Å². The van der Waals surface area contributed by atoms with E-state index in [1.54, 1.807) is 18.2 Å². The van der Waals surface area contributed by atoms with Gasteiger partial charge in [-0.2, -0.15) is 4.31 Å². The van der Waals surface area contributed by atoms with E-state index < -0.39 is 14.9 Å². The maximum atomic E-state index is 12.8. The molecule has 2 atom stereocenters. The van der Waals surface area contributed by atoms with Gasteiger partial charge in [-0.25, -0.2) is 8.42 Å². The second-order valence-electron chi connectivity index (χ2n) is 5.25. The Morgan fingerprint density at radius 1 is 1.35 bits per heavy atom. The Morgan fingerprint density at radius 3 is 2.52 bits per heavy atom. The molecule has 0 spiro atoms. The maximum Gasteiger partial charge on any atom is 0.269 e. The van der Waals surface area contributed by atoms with Crippen LogP contribution in [0.2, 0.25) is 0 Å². The fourth-order valence-corrected chi connectivity index (χ4v) is 4.10. The minimum atomic E-state index is -3.82. The first kappa shape index (κ1) is 17.3. The van der Waals surface area contributed by atoms with Gasteiger partial charge in [0.15, 0.2) is 0 Å². The largest absolute Gasteiger partial charge is 0.396 e. The van der Waals surface area contributed by atoms with Crippen LogP contribution in [0.3, 0.4) is 0 Å². The highest BCUT2D eigenvalue weighted by molar-refractivity contribution is 7.89. The van der Waals surface area contributed by atoms with Crippen LogP contribution in [0.15, 0.2) is 54.0 Å². The standard InChI is InChI=1S/C15H18N2O5S/c1-2-3-13-5-4-12(11-18)10-16(13)23(21,22)15-8-6-14(7-9-15)17(19)20/h2,4-9,12-13,18H,1,3,10-11H2/t12-,13-/m1/s1. The predicted octanol–water partition coefficient (Wildman–Crippen LogP) is 1.71. The topological polar surface area (TPSA) is 101 Å². The van der Waals surface area contributed by atoms with Gasteiger partial charge in [0.05, 0.1) is 16.4 Å². The van der Waals surface area contributed by atoms with Crippen LogP contribution in [0, 0.1) is 16.0 Å². The molecule has 1 aliphatic heterocycles. The van der Waals surface area contributed by atoms with Gasteiger partial charge in [0.25, 0.3) is 5.69 Å². The van der Waals surface area contributed by atoms with Gasteiger partial charge in [0.1, 0.15) is 0 Å². The number of hydrogen-bond donors (Lipinski definition) is 1. The van der Waals surface area contributed by atoms with Crippen LogP contribution >= 0.6 is 0 Å². The van der Waals surface area contributed by atoms with E-state index in [1.807, 2.05) is 0 Å². The quantitative estimate of drug-likeness (QED) is 0.483. The van der Waals surface area contributed by atoms with Crippen molar-refractivity contribution in [2.75, 3.05) is 13.2 Å². The molecule has 124 valence electrons. The van der Waals surface area contributed by atoms with Crippen molar-refractivity contribution in [3.63, 3.8) is 0 Å². The zero-order chi connectivity index (χ0) is 17.0. The molecule has 0 aromatic heterocycles. The smallest absolute Gasteiger partial charge is 0.269 e. The lowest BCUT2D eigenvalue weighted by atomic mass is 10.0. The summed E-state index contributed by atoms with van der Waals surface area (Å²) in [6, 6.07) is 4.41. The Balaban J connectivity index is 2.37. The van der Waals surface area contributed by atoms with E-state index in [9.17, 15) is 23.6 Å². The lowest BCUT2D eigenvalue weighted by molar-refractivity contribution is -0.384. The van der Waals surface area contributed by atoms with E-state index in [0.717, 1.165) is 0 Å². The Morgan fingerprint density at radius 2 is 2.00 bits per heavy atom. The fourth-order valence-electron chi connectivity index (χ4n) is 2.45. The average Bonchev–Trinajstić information content (AvgIpc) is 2.55. The monoisotopic (exact) mass is 338 g/mol. The molecule has 2 rings (SSSR count). The van der Waals surface area contributed by atoms with E-state index >= 15 is 0 Å². The summed E-state index contributed by atoms with van der Waals surface area (Å²) in [6.07, 6.45) is 5.62. The second-order valence-corrected chi connectivity index (χ2v) is 7.14. The summed E-state index contributed by atoms with van der Waals surface area (Å²) >= 11 is 0. The van der Waals surface area contributed by atoms with Crippen LogP contribution in [0.25, 0.3) is 0 Å². The molecule has 1 N–H and O–H groups in total. The Bertz CT molecular complexity index is 712. The summed E-state index contributed by atoms with van der Waals surface area (Å²) in [7, 11) is -3.82. The lowest BCUT2D eigenvalue weighted by Gasteiger charge is -2.34. The van der Waals surface area contributed by atoms with Crippen LogP contribution < -0.4 is 0 Å². The summed E-state index contributed by atoms with van der Waals surface area (Å²) in [5, 5.41) is 20.0. The molecule has 1 aromatic rings. The number of aliphatic hydroxyl groups is 1. The van der Waals surface area contributed by atoms with Gasteiger partial charge in [-0.15, -0.1) is 6.58 Å². The number of non-ortho nitro benzene ring substituents is 1. The Labute approximate surface area is 134 Å². The highest BCUT2D eigenvalue weighted by atomic mass is 32.2. The van der Waals surface area contributed by atoms with Gasteiger partial charge < -0.3 is 5.11 Å². The van der Waals surface area contributed by atoms with Gasteiger partial charge >= 0.3 is 0 Å². The summed E-state index contributed by atoms with van der Waals surface area (Å²) in [5.41, 5.74) is -0.168. The second kappa shape index (κ2) is 7.03. The number of benzene rings is 1. The van der Waals surface area contributed by atoms with Crippen LogP contribution in [0.1, 0.15) is 6.42 Å². The highest BCUT2D eigenvalue weighted by Gasteiger charge is 2.33. The van der Waals surface area contributed by atoms with Crippen molar-refractivity contribution in [3.8, 4) is 0 Å². The van der Waals surface area contributed by atoms with Crippen molar-refractivity contribution in [1.29, 1.82) is 0 Å². The fraction of sp³-hybridized carbons (Fsp3) is 0.333. The molecule has 23 heavy (non-hydrogen) atoms. The van der Waals surface area contributed by atoms with E-state index in [0.29, 0.717) is 6.42 Å². The zero-order valence-electron chi connectivity index (χ0n) is 12.4. The summed E-state index contributed by atoms with van der Waals surface area (Å²) in [4.78, 5) is 10.1. The first-order chi connectivity index (χ1) is 10.9. The molecule has 0 unspecified atom stereocenters. The average molecular weight is 338 g/mol. The molecular formula is C15H18N2O5S. The molecule has 1 aromatic carbocycles. The third kappa shape index (κ3) is 3.66. The van der Waals surface area contributed by atoms with E-state index in [1.165, 1.54) is 28.6 Å². The molecular weight excluding hydrogens is 320 g/mol. The van der Waals surface area contributed by atoms with E-state index in [2.05, 4.69) is 6.58 Å². The number of sulfonamides is 1. The van der Waals surface area contributed by atoms with Crippen molar-refractivity contribution >= 4 is 15.7 Å². The normalized spacial score (nSPS) is 22.0. The van der Waals surface area contributed by atoms with Gasteiger partial charge in [-0.1, -0.05) is 18.2 Å². The molecule has 0 aliphatic carbocycles. The van der Waals surface area contributed by atoms with Crippen molar-refractivity contribution in [3.05, 3.63) is 59.2 Å². The molecule has 0 amide bonds. The van der Waals surface area contributed by atoms with Gasteiger partial charge in [0.2, 0.25) is 10.0 Å². The van der Waals surface area contributed by atoms with Gasteiger partial charge in [0, 0.05) is 30.6 Å². The lowest BCUT2D eigenvalue weighted by Crippen LogP contribution is -2.44. The van der Waals surface area contributed by atoms with Gasteiger partial charge in [-0.05, 0) is 18.6 Å². The van der Waals surface area contributed by atoms with E-state index in [4.69, 9.17) is 0 Å². The predicted molar refractivity (Wildman–Crippen MR) is 85.3 cm³/mol. The minimum Gasteiger partial charge on any atom is -0.396 e. The summed E-state index contributed by atoms with van der Waals surface area (Å²) < 4.78 is 26.9. The van der Waals surface area contributed by atoms with Crippen molar-refractivity contribution in [2.45, 2.75) is 17.4 Å². The molecule has 0 bridgehead atoms. The van der Waals surface area contributed by atoms with Crippen molar-refractivity contribution in [1.82, 2.24) is 4.31 Å².